The minimum Gasteiger partial charge on any atom is -0.465 e. The van der Waals surface area contributed by atoms with E-state index in [1.807, 2.05) is 30.3 Å². The van der Waals surface area contributed by atoms with E-state index in [2.05, 4.69) is 15.2 Å². The molecule has 3 heterocycles. The van der Waals surface area contributed by atoms with Gasteiger partial charge in [0.2, 0.25) is 0 Å². The topological polar surface area (TPSA) is 69.4 Å². The van der Waals surface area contributed by atoms with Crippen LogP contribution in [0, 0.1) is 0 Å². The van der Waals surface area contributed by atoms with Gasteiger partial charge in [0.1, 0.15) is 0 Å². The van der Waals surface area contributed by atoms with Gasteiger partial charge in [0.25, 0.3) is 6.43 Å². The molecule has 0 saturated carbocycles. The van der Waals surface area contributed by atoms with Crippen LogP contribution < -0.4 is 0 Å². The third-order valence-corrected chi connectivity index (χ3v) is 6.05. The lowest BCUT2D eigenvalue weighted by atomic mass is 10.2. The fourth-order valence-corrected chi connectivity index (χ4v) is 4.34. The Morgan fingerprint density at radius 2 is 2.07 bits per heavy atom. The number of carbonyl (C=O) groups excluding carboxylic acids is 1. The van der Waals surface area contributed by atoms with E-state index in [0.29, 0.717) is 22.7 Å². The van der Waals surface area contributed by atoms with E-state index in [-0.39, 0.29) is 10.0 Å². The van der Waals surface area contributed by atoms with Crippen molar-refractivity contribution in [2.75, 3.05) is 7.11 Å². The normalized spacial score (nSPS) is 11.3. The number of halogens is 2. The summed E-state index contributed by atoms with van der Waals surface area (Å²) in [5.74, 6) is 0.538. The van der Waals surface area contributed by atoms with Crippen LogP contribution in [0.4, 0.5) is 8.78 Å². The summed E-state index contributed by atoms with van der Waals surface area (Å²) >= 11 is 2.31. The standard InChI is InChI=1S/C19H14F2N4O2S2/c1-27-19(26)13-7-12(28-10-11-5-3-2-4-6-11)9-25-14(13)8-22-16(25)18-24-23-17(29-18)15(20)21/h2-9,15H,10H2,1H3. The molecule has 0 spiro atoms. The second-order valence-corrected chi connectivity index (χ2v) is 8.00. The molecular formula is C19H14F2N4O2S2. The molecule has 148 valence electrons. The molecule has 0 amide bonds. The molecule has 0 unspecified atom stereocenters. The molecule has 0 bridgehead atoms. The van der Waals surface area contributed by atoms with Crippen LogP contribution in [-0.2, 0) is 10.5 Å². The summed E-state index contributed by atoms with van der Waals surface area (Å²) in [4.78, 5) is 17.4. The molecule has 4 aromatic rings. The van der Waals surface area contributed by atoms with Gasteiger partial charge in [-0.05, 0) is 11.6 Å². The average molecular weight is 432 g/mol. The van der Waals surface area contributed by atoms with E-state index in [0.717, 1.165) is 21.8 Å². The summed E-state index contributed by atoms with van der Waals surface area (Å²) in [6, 6.07) is 11.6. The Balaban J connectivity index is 1.77. The predicted molar refractivity (Wildman–Crippen MR) is 106 cm³/mol. The molecule has 0 aliphatic heterocycles. The number of nitrogens with zero attached hydrogens (tertiary/aromatic N) is 4. The van der Waals surface area contributed by atoms with Crippen LogP contribution in [0.1, 0.15) is 27.4 Å². The lowest BCUT2D eigenvalue weighted by Crippen LogP contribution is -2.04. The Kier molecular flexibility index (Phi) is 5.54. The molecule has 0 aliphatic carbocycles. The van der Waals surface area contributed by atoms with Crippen molar-refractivity contribution in [1.82, 2.24) is 19.6 Å². The van der Waals surface area contributed by atoms with Crippen LogP contribution in [0.15, 0.2) is 53.7 Å². The minimum atomic E-state index is -2.70. The van der Waals surface area contributed by atoms with Crippen LogP contribution in [0.2, 0.25) is 0 Å². The minimum absolute atomic E-state index is 0.251. The first-order valence-electron chi connectivity index (χ1n) is 8.45. The Bertz CT molecular complexity index is 1160. The molecule has 29 heavy (non-hydrogen) atoms. The van der Waals surface area contributed by atoms with Gasteiger partial charge in [-0.3, -0.25) is 4.40 Å². The number of imidazole rings is 1. The number of benzene rings is 1. The lowest BCUT2D eigenvalue weighted by molar-refractivity contribution is 0.0602. The maximum Gasteiger partial charge on any atom is 0.340 e. The summed E-state index contributed by atoms with van der Waals surface area (Å²) in [7, 11) is 1.31. The number of rotatable bonds is 6. The number of ether oxygens (including phenoxy) is 1. The van der Waals surface area contributed by atoms with Crippen LogP contribution in [0.3, 0.4) is 0 Å². The van der Waals surface area contributed by atoms with Crippen molar-refractivity contribution in [1.29, 1.82) is 0 Å². The van der Waals surface area contributed by atoms with Crippen molar-refractivity contribution in [3.05, 3.63) is 64.9 Å². The van der Waals surface area contributed by atoms with E-state index in [1.54, 1.807) is 16.7 Å². The maximum atomic E-state index is 12.9. The SMILES string of the molecule is COC(=O)c1cc(SCc2ccccc2)cn2c(-c3nnc(C(F)F)s3)ncc12. The zero-order valence-electron chi connectivity index (χ0n) is 15.1. The van der Waals surface area contributed by atoms with Crippen molar-refractivity contribution >= 4 is 34.6 Å². The van der Waals surface area contributed by atoms with Gasteiger partial charge in [0.15, 0.2) is 15.8 Å². The molecule has 0 atom stereocenters. The lowest BCUT2D eigenvalue weighted by Gasteiger charge is -2.08. The second kappa shape index (κ2) is 8.26. The first-order chi connectivity index (χ1) is 14.1. The van der Waals surface area contributed by atoms with Crippen molar-refractivity contribution < 1.29 is 18.3 Å². The summed E-state index contributed by atoms with van der Waals surface area (Å²) < 4.78 is 32.3. The highest BCUT2D eigenvalue weighted by Crippen LogP contribution is 2.32. The number of fused-ring (bicyclic) bond motifs is 1. The van der Waals surface area contributed by atoms with E-state index >= 15 is 0 Å². The summed E-state index contributed by atoms with van der Waals surface area (Å²) in [5, 5.41) is 7.22. The molecule has 0 saturated heterocycles. The van der Waals surface area contributed by atoms with Gasteiger partial charge >= 0.3 is 5.97 Å². The number of aromatic nitrogens is 4. The van der Waals surface area contributed by atoms with E-state index in [4.69, 9.17) is 4.74 Å². The molecule has 4 rings (SSSR count). The van der Waals surface area contributed by atoms with E-state index < -0.39 is 12.4 Å². The third kappa shape index (κ3) is 3.99. The van der Waals surface area contributed by atoms with Gasteiger partial charge in [0.05, 0.1) is 24.4 Å². The molecule has 0 fully saturated rings. The quantitative estimate of drug-likeness (QED) is 0.320. The second-order valence-electron chi connectivity index (χ2n) is 5.94. The monoisotopic (exact) mass is 432 g/mol. The van der Waals surface area contributed by atoms with E-state index in [9.17, 15) is 13.6 Å². The van der Waals surface area contributed by atoms with Crippen LogP contribution >= 0.6 is 23.1 Å². The first-order valence-corrected chi connectivity index (χ1v) is 10.2. The Morgan fingerprint density at radius 3 is 2.76 bits per heavy atom. The molecule has 0 radical (unpaired) electrons. The number of esters is 1. The summed E-state index contributed by atoms with van der Waals surface area (Å²) in [6.45, 7) is 0. The first kappa shape index (κ1) is 19.5. The van der Waals surface area contributed by atoms with Crippen LogP contribution in [0.25, 0.3) is 16.3 Å². The number of methoxy groups -OCH3 is 1. The van der Waals surface area contributed by atoms with Gasteiger partial charge in [-0.1, -0.05) is 41.7 Å². The Hall–Kier alpha value is -2.85. The van der Waals surface area contributed by atoms with Crippen molar-refractivity contribution in [3.63, 3.8) is 0 Å². The number of hydrogen-bond acceptors (Lipinski definition) is 7. The van der Waals surface area contributed by atoms with Gasteiger partial charge in [-0.25, -0.2) is 18.6 Å². The van der Waals surface area contributed by atoms with Gasteiger partial charge in [0, 0.05) is 16.8 Å². The third-order valence-electron chi connectivity index (χ3n) is 4.09. The molecule has 3 aromatic heterocycles. The largest absolute Gasteiger partial charge is 0.465 e. The Labute approximate surface area is 172 Å². The number of hydrogen-bond donors (Lipinski definition) is 0. The van der Waals surface area contributed by atoms with Crippen molar-refractivity contribution in [2.45, 2.75) is 17.1 Å². The number of thioether (sulfide) groups is 1. The van der Waals surface area contributed by atoms with Crippen LogP contribution in [-0.4, -0.2) is 32.7 Å². The number of carbonyl (C=O) groups is 1. The average Bonchev–Trinajstić information content (AvgIpc) is 3.39. The summed E-state index contributed by atoms with van der Waals surface area (Å²) in [5.41, 5.74) is 1.97. The van der Waals surface area contributed by atoms with Crippen LogP contribution in [0.5, 0.6) is 0 Å². The van der Waals surface area contributed by atoms with Gasteiger partial charge in [-0.2, -0.15) is 0 Å². The van der Waals surface area contributed by atoms with Crippen molar-refractivity contribution in [3.8, 4) is 10.8 Å². The highest BCUT2D eigenvalue weighted by Gasteiger charge is 2.21. The number of pyridine rings is 1. The molecule has 10 heteroatoms. The van der Waals surface area contributed by atoms with Gasteiger partial charge < -0.3 is 4.74 Å². The van der Waals surface area contributed by atoms with Gasteiger partial charge in [-0.15, -0.1) is 22.0 Å². The highest BCUT2D eigenvalue weighted by atomic mass is 32.2. The van der Waals surface area contributed by atoms with Crippen molar-refractivity contribution in [2.24, 2.45) is 0 Å². The molecule has 1 aromatic carbocycles. The van der Waals surface area contributed by atoms with E-state index in [1.165, 1.54) is 25.1 Å². The Morgan fingerprint density at radius 1 is 1.28 bits per heavy atom. The zero-order valence-corrected chi connectivity index (χ0v) is 16.7. The fraction of sp³-hybridized carbons (Fsp3) is 0.158. The zero-order chi connectivity index (χ0) is 20.4. The smallest absolute Gasteiger partial charge is 0.340 e. The summed E-state index contributed by atoms with van der Waals surface area (Å²) in [6.07, 6.45) is 0.604. The number of alkyl halides is 2. The fourth-order valence-electron chi connectivity index (χ4n) is 2.74. The highest BCUT2D eigenvalue weighted by molar-refractivity contribution is 7.98. The molecule has 0 aliphatic rings. The molecule has 0 N–H and O–H groups in total. The maximum absolute atomic E-state index is 12.9. The molecular weight excluding hydrogens is 418 g/mol. The molecule has 6 nitrogen and oxygen atoms in total. The predicted octanol–water partition coefficient (Wildman–Crippen LogP) is 4.87.